The number of hydrogen-bond acceptors (Lipinski definition) is 4. The highest BCUT2D eigenvalue weighted by atomic mass is 16.1. The minimum Gasteiger partial charge on any atom is -0.353 e. The first kappa shape index (κ1) is 13.8. The van der Waals surface area contributed by atoms with E-state index in [0.717, 1.165) is 52.2 Å². The minimum atomic E-state index is 0.225. The van der Waals surface area contributed by atoms with Crippen molar-refractivity contribution in [1.82, 2.24) is 15.1 Å². The van der Waals surface area contributed by atoms with Crippen molar-refractivity contribution in [2.24, 2.45) is 5.73 Å². The summed E-state index contributed by atoms with van der Waals surface area (Å²) in [6.07, 6.45) is 4.08. The maximum absolute atomic E-state index is 11.6. The van der Waals surface area contributed by atoms with Crippen molar-refractivity contribution < 1.29 is 4.79 Å². The fourth-order valence-corrected chi connectivity index (χ4v) is 2.34. The molecule has 3 N–H and O–H groups in total. The summed E-state index contributed by atoms with van der Waals surface area (Å²) in [5.74, 6) is 0.225. The van der Waals surface area contributed by atoms with Crippen LogP contribution in [-0.4, -0.2) is 67.6 Å². The summed E-state index contributed by atoms with van der Waals surface area (Å²) in [6, 6.07) is 0.491. The number of piperazine rings is 1. The monoisotopic (exact) mass is 254 g/mol. The van der Waals surface area contributed by atoms with Gasteiger partial charge in [0, 0.05) is 45.2 Å². The number of nitrogens with one attached hydrogen (secondary N) is 1. The Balaban J connectivity index is 1.53. The van der Waals surface area contributed by atoms with Crippen molar-refractivity contribution in [2.45, 2.75) is 31.7 Å². The Labute approximate surface area is 110 Å². The molecule has 0 aromatic carbocycles. The summed E-state index contributed by atoms with van der Waals surface area (Å²) >= 11 is 0. The molecule has 2 fully saturated rings. The van der Waals surface area contributed by atoms with E-state index >= 15 is 0 Å². The molecule has 0 bridgehead atoms. The number of nitrogens with zero attached hydrogens (tertiary/aromatic N) is 2. The third kappa shape index (κ3) is 4.92. The van der Waals surface area contributed by atoms with Gasteiger partial charge in [-0.15, -0.1) is 0 Å². The molecule has 1 aliphatic heterocycles. The SMILES string of the molecule is NCCCN1CCN(CCC(=O)NC2CC2)CC1. The third-order valence-electron chi connectivity index (χ3n) is 3.74. The van der Waals surface area contributed by atoms with E-state index in [1.165, 1.54) is 12.8 Å². The normalized spacial score (nSPS) is 22.1. The van der Waals surface area contributed by atoms with Crippen molar-refractivity contribution in [1.29, 1.82) is 0 Å². The standard InChI is InChI=1S/C13H26N4O/c14-5-1-6-16-8-10-17(11-9-16)7-4-13(18)15-12-2-3-12/h12H,1-11,14H2,(H,15,18). The van der Waals surface area contributed by atoms with Crippen LogP contribution >= 0.6 is 0 Å². The summed E-state index contributed by atoms with van der Waals surface area (Å²) in [5, 5.41) is 3.04. The van der Waals surface area contributed by atoms with E-state index in [2.05, 4.69) is 15.1 Å². The molecule has 1 saturated heterocycles. The molecule has 1 heterocycles. The van der Waals surface area contributed by atoms with E-state index in [1.807, 2.05) is 0 Å². The molecule has 5 nitrogen and oxygen atoms in total. The number of rotatable bonds is 7. The summed E-state index contributed by atoms with van der Waals surface area (Å²) in [7, 11) is 0. The lowest BCUT2D eigenvalue weighted by Crippen LogP contribution is -2.47. The Morgan fingerprint density at radius 3 is 2.28 bits per heavy atom. The Morgan fingerprint density at radius 1 is 1.11 bits per heavy atom. The van der Waals surface area contributed by atoms with Gasteiger partial charge in [0.15, 0.2) is 0 Å². The van der Waals surface area contributed by atoms with E-state index < -0.39 is 0 Å². The molecule has 0 aromatic rings. The average molecular weight is 254 g/mol. The molecule has 2 aliphatic rings. The van der Waals surface area contributed by atoms with Crippen molar-refractivity contribution >= 4 is 5.91 Å². The minimum absolute atomic E-state index is 0.225. The van der Waals surface area contributed by atoms with Crippen molar-refractivity contribution in [3.8, 4) is 0 Å². The molecule has 1 aliphatic carbocycles. The predicted octanol–water partition coefficient (Wildman–Crippen LogP) is -0.378. The molecule has 5 heteroatoms. The molecule has 104 valence electrons. The van der Waals surface area contributed by atoms with Crippen LogP contribution in [0.4, 0.5) is 0 Å². The number of amides is 1. The lowest BCUT2D eigenvalue weighted by Gasteiger charge is -2.34. The number of nitrogens with two attached hydrogens (primary N) is 1. The first-order valence-electron chi connectivity index (χ1n) is 7.22. The van der Waals surface area contributed by atoms with Crippen LogP contribution in [0.3, 0.4) is 0 Å². The topological polar surface area (TPSA) is 61.6 Å². The quantitative estimate of drug-likeness (QED) is 0.650. The zero-order chi connectivity index (χ0) is 12.8. The molecular weight excluding hydrogens is 228 g/mol. The van der Waals surface area contributed by atoms with Crippen LogP contribution in [0.15, 0.2) is 0 Å². The van der Waals surface area contributed by atoms with Gasteiger partial charge in [-0.25, -0.2) is 0 Å². The van der Waals surface area contributed by atoms with E-state index in [9.17, 15) is 4.79 Å². The summed E-state index contributed by atoms with van der Waals surface area (Å²) in [5.41, 5.74) is 5.52. The van der Waals surface area contributed by atoms with Gasteiger partial charge in [-0.2, -0.15) is 0 Å². The molecule has 2 rings (SSSR count). The van der Waals surface area contributed by atoms with Gasteiger partial charge in [-0.3, -0.25) is 4.79 Å². The molecular formula is C13H26N4O. The Hall–Kier alpha value is -0.650. The average Bonchev–Trinajstić information content (AvgIpc) is 3.19. The number of carbonyl (C=O) groups is 1. The Bertz CT molecular complexity index is 260. The van der Waals surface area contributed by atoms with E-state index in [1.54, 1.807) is 0 Å². The molecule has 0 unspecified atom stereocenters. The van der Waals surface area contributed by atoms with Crippen molar-refractivity contribution in [3.05, 3.63) is 0 Å². The van der Waals surface area contributed by atoms with Crippen molar-refractivity contribution in [2.75, 3.05) is 45.8 Å². The lowest BCUT2D eigenvalue weighted by molar-refractivity contribution is -0.121. The summed E-state index contributed by atoms with van der Waals surface area (Å²) in [6.45, 7) is 7.20. The number of hydrogen-bond donors (Lipinski definition) is 2. The van der Waals surface area contributed by atoms with Crippen LogP contribution in [-0.2, 0) is 4.79 Å². The molecule has 0 radical (unpaired) electrons. The zero-order valence-electron chi connectivity index (χ0n) is 11.2. The van der Waals surface area contributed by atoms with Gasteiger partial charge < -0.3 is 20.9 Å². The van der Waals surface area contributed by atoms with Gasteiger partial charge in [0.1, 0.15) is 0 Å². The van der Waals surface area contributed by atoms with E-state index in [4.69, 9.17) is 5.73 Å². The molecule has 0 aromatic heterocycles. The van der Waals surface area contributed by atoms with Crippen LogP contribution in [0.2, 0.25) is 0 Å². The largest absolute Gasteiger partial charge is 0.353 e. The first-order chi connectivity index (χ1) is 8.78. The van der Waals surface area contributed by atoms with E-state index in [-0.39, 0.29) is 5.91 Å². The highest BCUT2D eigenvalue weighted by Gasteiger charge is 2.23. The molecule has 1 amide bonds. The van der Waals surface area contributed by atoms with Gasteiger partial charge in [0.2, 0.25) is 5.91 Å². The second-order valence-corrected chi connectivity index (χ2v) is 5.42. The number of carbonyl (C=O) groups excluding carboxylic acids is 1. The maximum atomic E-state index is 11.6. The zero-order valence-corrected chi connectivity index (χ0v) is 11.2. The fraction of sp³-hybridized carbons (Fsp3) is 0.923. The summed E-state index contributed by atoms with van der Waals surface area (Å²) in [4.78, 5) is 16.4. The van der Waals surface area contributed by atoms with Gasteiger partial charge in [0.25, 0.3) is 0 Å². The maximum Gasteiger partial charge on any atom is 0.221 e. The summed E-state index contributed by atoms with van der Waals surface area (Å²) < 4.78 is 0. The molecule has 18 heavy (non-hydrogen) atoms. The molecule has 1 saturated carbocycles. The second kappa shape index (κ2) is 7.07. The molecule has 0 spiro atoms. The van der Waals surface area contributed by atoms with Crippen LogP contribution in [0.25, 0.3) is 0 Å². The van der Waals surface area contributed by atoms with Gasteiger partial charge in [-0.05, 0) is 32.4 Å². The van der Waals surface area contributed by atoms with Crippen molar-refractivity contribution in [3.63, 3.8) is 0 Å². The third-order valence-corrected chi connectivity index (χ3v) is 3.74. The van der Waals surface area contributed by atoms with Crippen LogP contribution in [0, 0.1) is 0 Å². The highest BCUT2D eigenvalue weighted by molar-refractivity contribution is 5.76. The Morgan fingerprint density at radius 2 is 1.72 bits per heavy atom. The van der Waals surface area contributed by atoms with Crippen LogP contribution in [0.5, 0.6) is 0 Å². The van der Waals surface area contributed by atoms with Crippen LogP contribution < -0.4 is 11.1 Å². The first-order valence-corrected chi connectivity index (χ1v) is 7.22. The van der Waals surface area contributed by atoms with Crippen LogP contribution in [0.1, 0.15) is 25.7 Å². The Kier molecular flexibility index (Phi) is 5.41. The molecule has 0 atom stereocenters. The predicted molar refractivity (Wildman–Crippen MR) is 72.3 cm³/mol. The van der Waals surface area contributed by atoms with Gasteiger partial charge in [0.05, 0.1) is 0 Å². The lowest BCUT2D eigenvalue weighted by atomic mass is 10.2. The smallest absolute Gasteiger partial charge is 0.221 e. The van der Waals surface area contributed by atoms with Gasteiger partial charge in [-0.1, -0.05) is 0 Å². The van der Waals surface area contributed by atoms with Gasteiger partial charge >= 0.3 is 0 Å². The highest BCUT2D eigenvalue weighted by Crippen LogP contribution is 2.18. The van der Waals surface area contributed by atoms with E-state index in [0.29, 0.717) is 12.5 Å². The fourth-order valence-electron chi connectivity index (χ4n) is 2.34. The second-order valence-electron chi connectivity index (χ2n) is 5.42.